The highest BCUT2D eigenvalue weighted by molar-refractivity contribution is 6.05. The molecule has 4 rings (SSSR count). The van der Waals surface area contributed by atoms with E-state index >= 15 is 0 Å². The zero-order chi connectivity index (χ0) is 25.5. The monoisotopic (exact) mass is 479 g/mol. The Kier molecular flexibility index (Phi) is 6.19. The van der Waals surface area contributed by atoms with Gasteiger partial charge in [0.25, 0.3) is 5.69 Å². The highest BCUT2D eigenvalue weighted by Gasteiger charge is 2.46. The second-order valence-corrected chi connectivity index (χ2v) is 9.42. The predicted octanol–water partition coefficient (Wildman–Crippen LogP) is 4.71. The van der Waals surface area contributed by atoms with Gasteiger partial charge in [0.05, 0.1) is 28.7 Å². The minimum absolute atomic E-state index is 0.0162. The van der Waals surface area contributed by atoms with Gasteiger partial charge < -0.3 is 10.5 Å². The lowest BCUT2D eigenvalue weighted by Crippen LogP contribution is -2.43. The van der Waals surface area contributed by atoms with Crippen LogP contribution in [-0.4, -0.2) is 23.3 Å². The van der Waals surface area contributed by atoms with Crippen LogP contribution in [0, 0.1) is 21.3 Å². The second-order valence-electron chi connectivity index (χ2n) is 9.42. The minimum Gasteiger partial charge on any atom is -0.463 e. The van der Waals surface area contributed by atoms with Gasteiger partial charge in [-0.05, 0) is 42.5 Å². The van der Waals surface area contributed by atoms with Crippen molar-refractivity contribution in [2.75, 3.05) is 11.5 Å². The number of carbonyl (C=O) groups excluding carboxylic acids is 2. The van der Waals surface area contributed by atoms with Gasteiger partial charge in [0.2, 0.25) is 0 Å². The van der Waals surface area contributed by atoms with Crippen molar-refractivity contribution in [3.63, 3.8) is 0 Å². The summed E-state index contributed by atoms with van der Waals surface area (Å²) in [6.45, 7) is 5.64. The normalized spacial score (nSPS) is 19.5. The van der Waals surface area contributed by atoms with Crippen LogP contribution < -0.4 is 10.6 Å². The van der Waals surface area contributed by atoms with Crippen molar-refractivity contribution in [2.24, 2.45) is 11.1 Å². The van der Waals surface area contributed by atoms with Crippen molar-refractivity contribution < 1.29 is 23.6 Å². The number of anilines is 1. The van der Waals surface area contributed by atoms with E-state index in [0.717, 1.165) is 0 Å². The van der Waals surface area contributed by atoms with Crippen molar-refractivity contribution in [3.8, 4) is 0 Å². The first kappa shape index (κ1) is 24.1. The number of allylic oxidation sites excluding steroid dienone is 2. The van der Waals surface area contributed by atoms with Crippen molar-refractivity contribution in [3.05, 3.63) is 92.7 Å². The van der Waals surface area contributed by atoms with Crippen LogP contribution in [0.25, 0.3) is 0 Å². The molecule has 0 spiro atoms. The topological polar surface area (TPSA) is 116 Å². The highest BCUT2D eigenvalue weighted by Crippen LogP contribution is 2.50. The Morgan fingerprint density at radius 1 is 1.23 bits per heavy atom. The Labute approximate surface area is 202 Å². The summed E-state index contributed by atoms with van der Waals surface area (Å²) in [7, 11) is 0. The summed E-state index contributed by atoms with van der Waals surface area (Å²) in [6, 6.07) is 11.4. The van der Waals surface area contributed by atoms with E-state index in [1.54, 1.807) is 17.9 Å². The first-order valence-corrected chi connectivity index (χ1v) is 11.3. The molecule has 1 atom stereocenters. The van der Waals surface area contributed by atoms with Crippen LogP contribution in [0.15, 0.2) is 71.2 Å². The molecule has 2 N–H and O–H groups in total. The van der Waals surface area contributed by atoms with Crippen LogP contribution in [-0.2, 0) is 14.3 Å². The Morgan fingerprint density at radius 2 is 1.91 bits per heavy atom. The maximum atomic E-state index is 13.7. The predicted molar refractivity (Wildman–Crippen MR) is 128 cm³/mol. The average Bonchev–Trinajstić information content (AvgIpc) is 2.78. The van der Waals surface area contributed by atoms with Gasteiger partial charge in [-0.15, -0.1) is 0 Å². The smallest absolute Gasteiger partial charge is 0.338 e. The molecule has 0 fully saturated rings. The molecule has 1 aliphatic carbocycles. The van der Waals surface area contributed by atoms with Gasteiger partial charge in [-0.1, -0.05) is 32.0 Å². The number of nitrogens with two attached hydrogens (primary N) is 1. The Morgan fingerprint density at radius 3 is 2.54 bits per heavy atom. The summed E-state index contributed by atoms with van der Waals surface area (Å²) >= 11 is 0. The molecule has 1 aliphatic heterocycles. The average molecular weight is 480 g/mol. The number of halogens is 1. The maximum Gasteiger partial charge on any atom is 0.338 e. The molecule has 182 valence electrons. The van der Waals surface area contributed by atoms with Gasteiger partial charge in [-0.3, -0.25) is 19.8 Å². The van der Waals surface area contributed by atoms with E-state index in [9.17, 15) is 24.1 Å². The lowest BCUT2D eigenvalue weighted by Gasteiger charge is -2.44. The van der Waals surface area contributed by atoms with Gasteiger partial charge >= 0.3 is 5.97 Å². The number of nitro groups is 1. The van der Waals surface area contributed by atoms with E-state index in [1.807, 2.05) is 13.8 Å². The molecule has 0 saturated heterocycles. The van der Waals surface area contributed by atoms with Crippen LogP contribution in [0.5, 0.6) is 0 Å². The van der Waals surface area contributed by atoms with Gasteiger partial charge in [0.15, 0.2) is 5.78 Å². The molecule has 8 nitrogen and oxygen atoms in total. The summed E-state index contributed by atoms with van der Waals surface area (Å²) in [5.41, 5.74) is 7.90. The molecule has 1 unspecified atom stereocenters. The van der Waals surface area contributed by atoms with Crippen molar-refractivity contribution >= 4 is 23.1 Å². The summed E-state index contributed by atoms with van der Waals surface area (Å²) in [5, 5.41) is 11.5. The number of hydrogen-bond donors (Lipinski definition) is 1. The molecule has 2 aromatic rings. The molecule has 1 heterocycles. The zero-order valence-electron chi connectivity index (χ0n) is 19.7. The molecule has 35 heavy (non-hydrogen) atoms. The highest BCUT2D eigenvalue weighted by atomic mass is 19.1. The SMILES string of the molecule is CCOC(=O)C1=C(N)N(c2cccc([N+](=O)[O-])c2)C2=C(C(=O)CC(C)(C)C2)C1c1ccc(F)cc1. The summed E-state index contributed by atoms with van der Waals surface area (Å²) in [4.78, 5) is 39.3. The van der Waals surface area contributed by atoms with Crippen LogP contribution in [0.3, 0.4) is 0 Å². The first-order valence-electron chi connectivity index (χ1n) is 11.3. The fourth-order valence-electron chi connectivity index (χ4n) is 4.85. The van der Waals surface area contributed by atoms with E-state index in [2.05, 4.69) is 0 Å². The fourth-order valence-corrected chi connectivity index (χ4v) is 4.85. The van der Waals surface area contributed by atoms with Crippen LogP contribution in [0.1, 0.15) is 45.1 Å². The summed E-state index contributed by atoms with van der Waals surface area (Å²) in [6.07, 6.45) is 0.674. The number of benzene rings is 2. The zero-order valence-corrected chi connectivity index (χ0v) is 19.7. The van der Waals surface area contributed by atoms with Crippen molar-refractivity contribution in [1.29, 1.82) is 0 Å². The third-order valence-corrected chi connectivity index (χ3v) is 6.26. The molecule has 2 aromatic carbocycles. The number of hydrogen-bond acceptors (Lipinski definition) is 7. The van der Waals surface area contributed by atoms with E-state index in [-0.39, 0.29) is 35.9 Å². The second kappa shape index (κ2) is 8.98. The number of ether oxygens (including phenoxy) is 1. The van der Waals surface area contributed by atoms with Crippen LogP contribution >= 0.6 is 0 Å². The number of rotatable bonds is 5. The summed E-state index contributed by atoms with van der Waals surface area (Å²) < 4.78 is 19.0. The van der Waals surface area contributed by atoms with Crippen LogP contribution in [0.4, 0.5) is 15.8 Å². The Hall–Kier alpha value is -4.01. The molecule has 2 aliphatic rings. The largest absolute Gasteiger partial charge is 0.463 e. The van der Waals surface area contributed by atoms with Gasteiger partial charge in [-0.2, -0.15) is 0 Å². The van der Waals surface area contributed by atoms with E-state index in [4.69, 9.17) is 10.5 Å². The fraction of sp³-hybridized carbons (Fsp3) is 0.308. The summed E-state index contributed by atoms with van der Waals surface area (Å²) in [5.74, 6) is -2.18. The molecule has 0 bridgehead atoms. The van der Waals surface area contributed by atoms with E-state index in [0.29, 0.717) is 28.9 Å². The number of non-ortho nitro benzene ring substituents is 1. The number of esters is 1. The van der Waals surface area contributed by atoms with Crippen LogP contribution in [0.2, 0.25) is 0 Å². The van der Waals surface area contributed by atoms with Gasteiger partial charge in [-0.25, -0.2) is 9.18 Å². The lowest BCUT2D eigenvalue weighted by atomic mass is 9.68. The first-order chi connectivity index (χ1) is 16.5. The van der Waals surface area contributed by atoms with Gasteiger partial charge in [0.1, 0.15) is 11.6 Å². The van der Waals surface area contributed by atoms with Crippen molar-refractivity contribution in [1.82, 2.24) is 0 Å². The number of Topliss-reactive ketones (excluding diaryl/α,β-unsaturated/α-hetero) is 1. The van der Waals surface area contributed by atoms with Gasteiger partial charge in [0, 0.05) is 29.8 Å². The molecule has 9 heteroatoms. The molecular formula is C26H26FN3O5. The standard InChI is InChI=1S/C26H26FN3O5/c1-4-35-25(32)23-21(15-8-10-16(27)11-9-15)22-19(13-26(2,3)14-20(22)31)29(24(23)28)17-6-5-7-18(12-17)30(33)34/h5-12,21H,4,13-14,28H2,1-3H3. The number of carbonyl (C=O) groups is 2. The molecule has 0 amide bonds. The maximum absolute atomic E-state index is 13.7. The molecular weight excluding hydrogens is 453 g/mol. The molecule has 0 saturated carbocycles. The quantitative estimate of drug-likeness (QED) is 0.375. The third-order valence-electron chi connectivity index (χ3n) is 6.26. The lowest BCUT2D eigenvalue weighted by molar-refractivity contribution is -0.384. The minimum atomic E-state index is -0.858. The number of nitrogens with zero attached hydrogens (tertiary/aromatic N) is 2. The number of ketones is 1. The molecule has 0 aromatic heterocycles. The van der Waals surface area contributed by atoms with Crippen molar-refractivity contribution in [2.45, 2.75) is 39.5 Å². The molecule has 0 radical (unpaired) electrons. The number of nitro benzene ring substituents is 1. The Bertz CT molecular complexity index is 1280. The van der Waals surface area contributed by atoms with E-state index in [1.165, 1.54) is 42.5 Å². The van der Waals surface area contributed by atoms with E-state index < -0.39 is 28.0 Å². The third kappa shape index (κ3) is 4.41. The Balaban J connectivity index is 2.03.